The quantitative estimate of drug-likeness (QED) is 0.564. The van der Waals surface area contributed by atoms with Crippen LogP contribution in [0.2, 0.25) is 0 Å². The molecule has 1 aromatic rings. The van der Waals surface area contributed by atoms with Gasteiger partial charge < -0.3 is 19.1 Å². The van der Waals surface area contributed by atoms with E-state index in [2.05, 4.69) is 6.92 Å². The van der Waals surface area contributed by atoms with Gasteiger partial charge in [-0.15, -0.1) is 0 Å². The average Bonchev–Trinajstić information content (AvgIpc) is 2.67. The van der Waals surface area contributed by atoms with E-state index in [0.29, 0.717) is 37.4 Å². The van der Waals surface area contributed by atoms with Gasteiger partial charge in [0.1, 0.15) is 0 Å². The third-order valence-electron chi connectivity index (χ3n) is 4.31. The number of unbranched alkanes of at least 4 members (excludes halogenated alkanes) is 1. The minimum Gasteiger partial charge on any atom is -0.493 e. The molecule has 0 fully saturated rings. The third kappa shape index (κ3) is 6.58. The van der Waals surface area contributed by atoms with Crippen LogP contribution in [0.3, 0.4) is 0 Å². The molecule has 6 nitrogen and oxygen atoms in total. The second kappa shape index (κ2) is 11.4. The first-order valence-corrected chi connectivity index (χ1v) is 9.03. The molecular formula is C20H31NO5. The van der Waals surface area contributed by atoms with Gasteiger partial charge in [-0.2, -0.15) is 0 Å². The number of nitrogens with zero attached hydrogens (tertiary/aromatic N) is 1. The highest BCUT2D eigenvalue weighted by molar-refractivity contribution is 5.78. The van der Waals surface area contributed by atoms with Crippen molar-refractivity contribution < 1.29 is 23.8 Å². The molecule has 1 aromatic carbocycles. The standard InChI is InChI=1S/C20H31NO5/c1-6-7-8-19(22)21(14-15(2)20(23)26-5)12-11-16-9-10-17(24-3)18(13-16)25-4/h9-10,13,15H,6-8,11-12,14H2,1-5H3. The molecule has 0 saturated carbocycles. The predicted octanol–water partition coefficient (Wildman–Crippen LogP) is 3.07. The molecule has 0 bridgehead atoms. The van der Waals surface area contributed by atoms with Crippen LogP contribution in [0, 0.1) is 5.92 Å². The van der Waals surface area contributed by atoms with Crippen LogP contribution in [0.15, 0.2) is 18.2 Å². The molecular weight excluding hydrogens is 334 g/mol. The van der Waals surface area contributed by atoms with Gasteiger partial charge in [-0.3, -0.25) is 9.59 Å². The first-order valence-electron chi connectivity index (χ1n) is 9.03. The highest BCUT2D eigenvalue weighted by Gasteiger charge is 2.21. The average molecular weight is 365 g/mol. The van der Waals surface area contributed by atoms with Crippen LogP contribution in [0.25, 0.3) is 0 Å². The molecule has 1 amide bonds. The normalized spacial score (nSPS) is 11.6. The first-order chi connectivity index (χ1) is 12.5. The van der Waals surface area contributed by atoms with Gasteiger partial charge in [0.2, 0.25) is 5.91 Å². The second-order valence-electron chi connectivity index (χ2n) is 6.31. The summed E-state index contributed by atoms with van der Waals surface area (Å²) in [6.07, 6.45) is 2.97. The van der Waals surface area contributed by atoms with Crippen LogP contribution in [0.5, 0.6) is 11.5 Å². The van der Waals surface area contributed by atoms with Gasteiger partial charge in [-0.05, 0) is 30.5 Å². The summed E-state index contributed by atoms with van der Waals surface area (Å²) in [6, 6.07) is 5.73. The number of hydrogen-bond donors (Lipinski definition) is 0. The van der Waals surface area contributed by atoms with Crippen molar-refractivity contribution in [1.82, 2.24) is 4.90 Å². The minimum atomic E-state index is -0.351. The molecule has 0 spiro atoms. The van der Waals surface area contributed by atoms with Gasteiger partial charge in [0, 0.05) is 19.5 Å². The summed E-state index contributed by atoms with van der Waals surface area (Å²) in [5, 5.41) is 0. The van der Waals surface area contributed by atoms with E-state index in [1.165, 1.54) is 7.11 Å². The Morgan fingerprint density at radius 2 is 1.81 bits per heavy atom. The maximum absolute atomic E-state index is 12.5. The Morgan fingerprint density at radius 3 is 2.38 bits per heavy atom. The molecule has 0 aliphatic rings. The Bertz CT molecular complexity index is 588. The molecule has 0 heterocycles. The van der Waals surface area contributed by atoms with Crippen LogP contribution in [0.1, 0.15) is 38.7 Å². The number of rotatable bonds is 11. The highest BCUT2D eigenvalue weighted by atomic mass is 16.5. The zero-order chi connectivity index (χ0) is 19.5. The largest absolute Gasteiger partial charge is 0.493 e. The van der Waals surface area contributed by atoms with Crippen LogP contribution in [0.4, 0.5) is 0 Å². The van der Waals surface area contributed by atoms with Crippen molar-refractivity contribution in [2.45, 2.75) is 39.5 Å². The molecule has 26 heavy (non-hydrogen) atoms. The van der Waals surface area contributed by atoms with E-state index in [1.54, 1.807) is 26.0 Å². The fourth-order valence-corrected chi connectivity index (χ4v) is 2.71. The monoisotopic (exact) mass is 365 g/mol. The van der Waals surface area contributed by atoms with Crippen LogP contribution < -0.4 is 9.47 Å². The maximum Gasteiger partial charge on any atom is 0.310 e. The van der Waals surface area contributed by atoms with Crippen molar-refractivity contribution >= 4 is 11.9 Å². The number of hydrogen-bond acceptors (Lipinski definition) is 5. The SMILES string of the molecule is CCCCC(=O)N(CCc1ccc(OC)c(OC)c1)CC(C)C(=O)OC. The minimum absolute atomic E-state index is 0.0723. The number of carbonyl (C=O) groups excluding carboxylic acids is 2. The van der Waals surface area contributed by atoms with E-state index < -0.39 is 0 Å². The van der Waals surface area contributed by atoms with Crippen molar-refractivity contribution in [3.8, 4) is 11.5 Å². The predicted molar refractivity (Wildman–Crippen MR) is 101 cm³/mol. The lowest BCUT2D eigenvalue weighted by molar-refractivity contribution is -0.146. The van der Waals surface area contributed by atoms with E-state index >= 15 is 0 Å². The van der Waals surface area contributed by atoms with Crippen molar-refractivity contribution in [1.29, 1.82) is 0 Å². The summed E-state index contributed by atoms with van der Waals surface area (Å²) >= 11 is 0. The molecule has 1 atom stereocenters. The van der Waals surface area contributed by atoms with E-state index in [1.807, 2.05) is 18.2 Å². The summed E-state index contributed by atoms with van der Waals surface area (Å²) in [5.41, 5.74) is 1.04. The fraction of sp³-hybridized carbons (Fsp3) is 0.600. The molecule has 0 N–H and O–H groups in total. The van der Waals surface area contributed by atoms with E-state index in [9.17, 15) is 9.59 Å². The first kappa shape index (κ1) is 21.8. The number of ether oxygens (including phenoxy) is 3. The Hall–Kier alpha value is -2.24. The molecule has 0 saturated heterocycles. The van der Waals surface area contributed by atoms with E-state index in [-0.39, 0.29) is 17.8 Å². The molecule has 1 rings (SSSR count). The summed E-state index contributed by atoms with van der Waals surface area (Å²) in [6.45, 7) is 4.74. The Kier molecular flexibility index (Phi) is 9.55. The number of amides is 1. The van der Waals surface area contributed by atoms with Gasteiger partial charge in [0.15, 0.2) is 11.5 Å². The van der Waals surface area contributed by atoms with Crippen molar-refractivity contribution in [2.75, 3.05) is 34.4 Å². The van der Waals surface area contributed by atoms with E-state index in [0.717, 1.165) is 18.4 Å². The molecule has 1 unspecified atom stereocenters. The number of benzene rings is 1. The molecule has 0 radical (unpaired) electrons. The van der Waals surface area contributed by atoms with Gasteiger partial charge in [-0.25, -0.2) is 0 Å². The van der Waals surface area contributed by atoms with Gasteiger partial charge in [0.05, 0.1) is 27.2 Å². The zero-order valence-corrected chi connectivity index (χ0v) is 16.5. The lowest BCUT2D eigenvalue weighted by Crippen LogP contribution is -2.38. The summed E-state index contributed by atoms with van der Waals surface area (Å²) < 4.78 is 15.4. The third-order valence-corrected chi connectivity index (χ3v) is 4.31. The topological polar surface area (TPSA) is 65.1 Å². The van der Waals surface area contributed by atoms with Gasteiger partial charge in [-0.1, -0.05) is 26.3 Å². The Morgan fingerprint density at radius 1 is 1.12 bits per heavy atom. The zero-order valence-electron chi connectivity index (χ0n) is 16.5. The summed E-state index contributed by atoms with van der Waals surface area (Å²) in [4.78, 5) is 26.0. The second-order valence-corrected chi connectivity index (χ2v) is 6.31. The van der Waals surface area contributed by atoms with Crippen molar-refractivity contribution in [2.24, 2.45) is 5.92 Å². The highest BCUT2D eigenvalue weighted by Crippen LogP contribution is 2.27. The number of carbonyl (C=O) groups is 2. The van der Waals surface area contributed by atoms with Crippen LogP contribution >= 0.6 is 0 Å². The lowest BCUT2D eigenvalue weighted by Gasteiger charge is -2.25. The molecule has 0 aliphatic carbocycles. The molecule has 146 valence electrons. The Balaban J connectivity index is 2.81. The van der Waals surface area contributed by atoms with E-state index in [4.69, 9.17) is 14.2 Å². The smallest absolute Gasteiger partial charge is 0.310 e. The van der Waals surface area contributed by atoms with Gasteiger partial charge in [0.25, 0.3) is 0 Å². The number of methoxy groups -OCH3 is 3. The lowest BCUT2D eigenvalue weighted by atomic mass is 10.1. The fourth-order valence-electron chi connectivity index (χ4n) is 2.71. The van der Waals surface area contributed by atoms with Crippen molar-refractivity contribution in [3.63, 3.8) is 0 Å². The molecule has 0 aromatic heterocycles. The van der Waals surface area contributed by atoms with Crippen LogP contribution in [-0.2, 0) is 20.7 Å². The van der Waals surface area contributed by atoms with Gasteiger partial charge >= 0.3 is 5.97 Å². The molecule has 6 heteroatoms. The van der Waals surface area contributed by atoms with Crippen LogP contribution in [-0.4, -0.2) is 51.2 Å². The van der Waals surface area contributed by atoms with Crippen molar-refractivity contribution in [3.05, 3.63) is 23.8 Å². The Labute approximate surface area is 156 Å². The molecule has 0 aliphatic heterocycles. The number of esters is 1. The maximum atomic E-state index is 12.5. The summed E-state index contributed by atoms with van der Waals surface area (Å²) in [5.74, 6) is 0.756. The summed E-state index contributed by atoms with van der Waals surface area (Å²) in [7, 11) is 4.56.